The van der Waals surface area contributed by atoms with Gasteiger partial charge in [0, 0.05) is 6.04 Å². The second-order valence-corrected chi connectivity index (χ2v) is 8.32. The Morgan fingerprint density at radius 3 is 2.50 bits per heavy atom. The van der Waals surface area contributed by atoms with Crippen molar-refractivity contribution >= 4 is 17.9 Å². The first-order chi connectivity index (χ1) is 16.4. The number of esters is 2. The van der Waals surface area contributed by atoms with Crippen LogP contribution in [0.5, 0.6) is 0 Å². The number of rotatable bonds is 11. The van der Waals surface area contributed by atoms with Crippen LogP contribution in [0.4, 0.5) is 0 Å². The smallest absolute Gasteiger partial charge is 0.337 e. The summed E-state index contributed by atoms with van der Waals surface area (Å²) < 4.78 is 11.2. The number of carboxylic acid groups (broad SMARTS) is 1. The average Bonchev–Trinajstić information content (AvgIpc) is 3.29. The fourth-order valence-electron chi connectivity index (χ4n) is 4.41. The van der Waals surface area contributed by atoms with E-state index >= 15 is 0 Å². The van der Waals surface area contributed by atoms with Gasteiger partial charge in [0.05, 0.1) is 31.7 Å². The molecule has 2 unspecified atom stereocenters. The predicted octanol–water partition coefficient (Wildman–Crippen LogP) is 2.13. The third-order valence-corrected chi connectivity index (χ3v) is 6.06. The van der Waals surface area contributed by atoms with E-state index in [1.165, 1.54) is 11.8 Å². The van der Waals surface area contributed by atoms with Crippen LogP contribution in [0.2, 0.25) is 0 Å². The van der Waals surface area contributed by atoms with Crippen molar-refractivity contribution in [1.29, 1.82) is 0 Å². The van der Waals surface area contributed by atoms with Crippen molar-refractivity contribution in [2.24, 2.45) is 5.92 Å². The third kappa shape index (κ3) is 6.60. The number of carbonyl (C=O) groups excluding carboxylic acids is 2. The number of tetrazole rings is 1. The second kappa shape index (κ2) is 12.2. The third-order valence-electron chi connectivity index (χ3n) is 6.06. The Morgan fingerprint density at radius 2 is 1.88 bits per heavy atom. The minimum atomic E-state index is -0.894. The summed E-state index contributed by atoms with van der Waals surface area (Å²) in [6, 6.07) is 5.81. The van der Waals surface area contributed by atoms with E-state index in [1.54, 1.807) is 31.2 Å². The molecule has 0 radical (unpaired) electrons. The zero-order chi connectivity index (χ0) is 24.5. The number of ether oxygens (including phenoxy) is 2. The van der Waals surface area contributed by atoms with Gasteiger partial charge in [-0.05, 0) is 53.8 Å². The molecule has 1 aromatic carbocycles. The number of methoxy groups -OCH3 is 1. The molecule has 11 nitrogen and oxygen atoms in total. The van der Waals surface area contributed by atoms with Crippen LogP contribution >= 0.6 is 0 Å². The molecule has 11 heteroatoms. The van der Waals surface area contributed by atoms with Crippen molar-refractivity contribution in [2.75, 3.05) is 13.7 Å². The van der Waals surface area contributed by atoms with E-state index in [4.69, 9.17) is 9.47 Å². The summed E-state index contributed by atoms with van der Waals surface area (Å²) in [5.74, 6) is -1.30. The van der Waals surface area contributed by atoms with E-state index < -0.39 is 23.9 Å². The molecule has 1 aliphatic carbocycles. The van der Waals surface area contributed by atoms with Gasteiger partial charge < -0.3 is 14.6 Å². The van der Waals surface area contributed by atoms with Gasteiger partial charge >= 0.3 is 17.9 Å². The average molecular weight is 474 g/mol. The van der Waals surface area contributed by atoms with Crippen LogP contribution in [-0.2, 0) is 25.6 Å². The molecule has 2 atom stereocenters. The van der Waals surface area contributed by atoms with Gasteiger partial charge in [-0.1, -0.05) is 31.4 Å². The van der Waals surface area contributed by atoms with Crippen LogP contribution in [0.25, 0.3) is 0 Å². The molecule has 1 heterocycles. The number of hydrogen-bond acceptors (Lipinski definition) is 9. The quantitative estimate of drug-likeness (QED) is 0.465. The lowest BCUT2D eigenvalue weighted by Crippen LogP contribution is -2.42. The lowest BCUT2D eigenvalue weighted by Gasteiger charge is -2.33. The zero-order valence-electron chi connectivity index (χ0n) is 19.5. The largest absolute Gasteiger partial charge is 0.481 e. The first kappa shape index (κ1) is 25.3. The maximum absolute atomic E-state index is 12.1. The first-order valence-corrected chi connectivity index (χ1v) is 11.5. The van der Waals surface area contributed by atoms with Crippen molar-refractivity contribution in [1.82, 2.24) is 25.5 Å². The SMILES string of the molecule is CCOC(=O)Cn1nnnc1C(NC(CC(=O)O)C1CCCCC1)c1ccc(C(=O)OC)cc1. The van der Waals surface area contributed by atoms with Crippen molar-refractivity contribution < 1.29 is 29.0 Å². The number of aromatic nitrogens is 4. The van der Waals surface area contributed by atoms with Crippen LogP contribution in [0.3, 0.4) is 0 Å². The summed E-state index contributed by atoms with van der Waals surface area (Å²) in [7, 11) is 1.31. The van der Waals surface area contributed by atoms with Crippen LogP contribution in [0.1, 0.15) is 73.2 Å². The van der Waals surface area contributed by atoms with E-state index in [-0.39, 0.29) is 31.5 Å². The normalized spacial score (nSPS) is 15.9. The molecular formula is C23H31N5O6. The van der Waals surface area contributed by atoms with Crippen LogP contribution in [0, 0.1) is 5.92 Å². The van der Waals surface area contributed by atoms with Crippen LogP contribution < -0.4 is 5.32 Å². The zero-order valence-corrected chi connectivity index (χ0v) is 19.5. The highest BCUT2D eigenvalue weighted by Gasteiger charge is 2.31. The summed E-state index contributed by atoms with van der Waals surface area (Å²) in [4.78, 5) is 35.7. The van der Waals surface area contributed by atoms with Gasteiger partial charge in [-0.15, -0.1) is 5.10 Å². The van der Waals surface area contributed by atoms with Gasteiger partial charge in [-0.2, -0.15) is 0 Å². The molecule has 0 amide bonds. The van der Waals surface area contributed by atoms with E-state index in [0.29, 0.717) is 11.4 Å². The molecular weight excluding hydrogens is 442 g/mol. The maximum atomic E-state index is 12.1. The highest BCUT2D eigenvalue weighted by molar-refractivity contribution is 5.89. The van der Waals surface area contributed by atoms with E-state index in [9.17, 15) is 19.5 Å². The molecule has 0 saturated heterocycles. The lowest BCUT2D eigenvalue weighted by atomic mass is 9.82. The summed E-state index contributed by atoms with van der Waals surface area (Å²) >= 11 is 0. The Balaban J connectivity index is 1.96. The number of hydrogen-bond donors (Lipinski definition) is 2. The summed E-state index contributed by atoms with van der Waals surface area (Å²) in [5, 5.41) is 24.9. The molecule has 184 valence electrons. The highest BCUT2D eigenvalue weighted by atomic mass is 16.5. The van der Waals surface area contributed by atoms with E-state index in [1.807, 2.05) is 0 Å². The fourth-order valence-corrected chi connectivity index (χ4v) is 4.41. The van der Waals surface area contributed by atoms with Crippen LogP contribution in [0.15, 0.2) is 24.3 Å². The van der Waals surface area contributed by atoms with Crippen molar-refractivity contribution in [3.8, 4) is 0 Å². The maximum Gasteiger partial charge on any atom is 0.337 e. The molecule has 0 bridgehead atoms. The highest BCUT2D eigenvalue weighted by Crippen LogP contribution is 2.31. The van der Waals surface area contributed by atoms with Crippen molar-refractivity contribution in [3.63, 3.8) is 0 Å². The van der Waals surface area contributed by atoms with Crippen LogP contribution in [-0.4, -0.2) is 63.0 Å². The van der Waals surface area contributed by atoms with Gasteiger partial charge in [-0.3, -0.25) is 14.9 Å². The van der Waals surface area contributed by atoms with E-state index in [2.05, 4.69) is 20.8 Å². The minimum Gasteiger partial charge on any atom is -0.481 e. The number of nitrogens with zero attached hydrogens (tertiary/aromatic N) is 4. The standard InChI is InChI=1S/C23H31N5O6/c1-3-34-20(31)14-28-22(25-26-27-28)21(16-9-11-17(12-10-16)23(32)33-2)24-18(13-19(29)30)15-7-5-4-6-8-15/h9-12,15,18,21,24H,3-8,13-14H2,1-2H3,(H,29,30). The van der Waals surface area contributed by atoms with Gasteiger partial charge in [-0.25, -0.2) is 9.48 Å². The molecule has 1 fully saturated rings. The second-order valence-electron chi connectivity index (χ2n) is 8.32. The number of nitrogens with one attached hydrogen (secondary N) is 1. The summed E-state index contributed by atoms with van der Waals surface area (Å²) in [6.45, 7) is 1.77. The lowest BCUT2D eigenvalue weighted by molar-refractivity contribution is -0.144. The first-order valence-electron chi connectivity index (χ1n) is 11.5. The minimum absolute atomic E-state index is 0.0547. The molecule has 1 aliphatic rings. The van der Waals surface area contributed by atoms with E-state index in [0.717, 1.165) is 37.7 Å². The predicted molar refractivity (Wildman–Crippen MR) is 120 cm³/mol. The number of benzene rings is 1. The molecule has 34 heavy (non-hydrogen) atoms. The topological polar surface area (TPSA) is 146 Å². The number of aliphatic carboxylic acids is 1. The molecule has 0 spiro atoms. The Kier molecular flexibility index (Phi) is 9.08. The Labute approximate surface area is 197 Å². The summed E-state index contributed by atoms with van der Waals surface area (Å²) in [5.41, 5.74) is 1.10. The van der Waals surface area contributed by atoms with Gasteiger partial charge in [0.15, 0.2) is 5.82 Å². The monoisotopic (exact) mass is 473 g/mol. The molecule has 1 saturated carbocycles. The Morgan fingerprint density at radius 1 is 1.18 bits per heavy atom. The van der Waals surface area contributed by atoms with Gasteiger partial charge in [0.2, 0.25) is 0 Å². The van der Waals surface area contributed by atoms with Gasteiger partial charge in [0.25, 0.3) is 0 Å². The van der Waals surface area contributed by atoms with Crippen molar-refractivity contribution in [3.05, 3.63) is 41.2 Å². The molecule has 2 N–H and O–H groups in total. The number of carboxylic acids is 1. The molecule has 0 aliphatic heterocycles. The molecule has 3 rings (SSSR count). The Hall–Kier alpha value is -3.34. The summed E-state index contributed by atoms with van der Waals surface area (Å²) in [6.07, 6.45) is 5.08. The Bertz CT molecular complexity index is 970. The molecule has 1 aromatic heterocycles. The number of carbonyl (C=O) groups is 3. The van der Waals surface area contributed by atoms with Gasteiger partial charge in [0.1, 0.15) is 6.54 Å². The fraction of sp³-hybridized carbons (Fsp3) is 0.565. The van der Waals surface area contributed by atoms with Crippen molar-refractivity contribution in [2.45, 2.75) is 64.1 Å². The molecule has 2 aromatic rings.